The molecule has 1 atom stereocenters. The largest absolute Gasteiger partial charge is 0.376 e. The van der Waals surface area contributed by atoms with E-state index >= 15 is 0 Å². The monoisotopic (exact) mass is 323 g/mol. The van der Waals surface area contributed by atoms with Gasteiger partial charge < -0.3 is 10.1 Å². The van der Waals surface area contributed by atoms with Crippen LogP contribution >= 0.6 is 11.8 Å². The van der Waals surface area contributed by atoms with Crippen molar-refractivity contribution in [1.29, 1.82) is 0 Å². The second-order valence-electron chi connectivity index (χ2n) is 5.14. The standard InChI is InChI=1S/C13H17N5O3S/c1-8-5-10(19)15-12-16-17-13(18(8)12)22-7-11(20)14-6-9-3-2-4-21-9/h5,9H,2-4,6-7H2,1H3,(H,14,20)(H,15,16,19). The minimum atomic E-state index is -0.219. The fourth-order valence-electron chi connectivity index (χ4n) is 2.38. The number of thioether (sulfide) groups is 1. The third-order valence-electron chi connectivity index (χ3n) is 3.44. The predicted octanol–water partition coefficient (Wildman–Crippen LogP) is 0.113. The van der Waals surface area contributed by atoms with E-state index < -0.39 is 0 Å². The van der Waals surface area contributed by atoms with E-state index in [0.29, 0.717) is 17.5 Å². The highest BCUT2D eigenvalue weighted by atomic mass is 32.2. The Morgan fingerprint density at radius 1 is 1.59 bits per heavy atom. The second kappa shape index (κ2) is 6.49. The SMILES string of the molecule is Cc1cc(=O)[nH]c2nnc(SCC(=O)NCC3CCCO3)n12. The lowest BCUT2D eigenvalue weighted by Gasteiger charge is -2.10. The van der Waals surface area contributed by atoms with Gasteiger partial charge in [-0.3, -0.25) is 19.0 Å². The summed E-state index contributed by atoms with van der Waals surface area (Å²) in [6.07, 6.45) is 2.18. The topological polar surface area (TPSA) is 101 Å². The molecule has 0 bridgehead atoms. The number of hydrogen-bond donors (Lipinski definition) is 2. The fraction of sp³-hybridized carbons (Fsp3) is 0.538. The molecule has 1 aliphatic heterocycles. The van der Waals surface area contributed by atoms with Gasteiger partial charge in [0.05, 0.1) is 11.9 Å². The summed E-state index contributed by atoms with van der Waals surface area (Å²) in [5.74, 6) is 0.554. The molecule has 3 heterocycles. The van der Waals surface area contributed by atoms with Crippen LogP contribution in [0.15, 0.2) is 16.0 Å². The third-order valence-corrected chi connectivity index (χ3v) is 4.37. The van der Waals surface area contributed by atoms with Crippen molar-refractivity contribution in [1.82, 2.24) is 24.9 Å². The molecule has 3 rings (SSSR count). The van der Waals surface area contributed by atoms with Crippen LogP contribution in [0.3, 0.4) is 0 Å². The highest BCUT2D eigenvalue weighted by Gasteiger charge is 2.17. The van der Waals surface area contributed by atoms with Crippen LogP contribution in [0.2, 0.25) is 0 Å². The summed E-state index contributed by atoms with van der Waals surface area (Å²) in [5, 5.41) is 11.4. The first-order valence-electron chi connectivity index (χ1n) is 7.09. The van der Waals surface area contributed by atoms with Crippen LogP contribution in [0.4, 0.5) is 0 Å². The van der Waals surface area contributed by atoms with Crippen LogP contribution in [-0.2, 0) is 9.53 Å². The van der Waals surface area contributed by atoms with E-state index in [2.05, 4.69) is 20.5 Å². The number of fused-ring (bicyclic) bond motifs is 1. The number of nitrogens with zero attached hydrogens (tertiary/aromatic N) is 3. The molecule has 22 heavy (non-hydrogen) atoms. The highest BCUT2D eigenvalue weighted by Crippen LogP contribution is 2.17. The van der Waals surface area contributed by atoms with Gasteiger partial charge in [-0.2, -0.15) is 0 Å². The second-order valence-corrected chi connectivity index (χ2v) is 6.09. The van der Waals surface area contributed by atoms with Gasteiger partial charge in [-0.05, 0) is 19.8 Å². The van der Waals surface area contributed by atoms with Gasteiger partial charge in [0, 0.05) is 24.9 Å². The summed E-state index contributed by atoms with van der Waals surface area (Å²) in [4.78, 5) is 25.8. The lowest BCUT2D eigenvalue weighted by Crippen LogP contribution is -2.32. The number of carbonyl (C=O) groups is 1. The van der Waals surface area contributed by atoms with Gasteiger partial charge in [-0.25, -0.2) is 0 Å². The number of aromatic nitrogens is 4. The number of carbonyl (C=O) groups excluding carboxylic acids is 1. The maximum Gasteiger partial charge on any atom is 0.252 e. The van der Waals surface area contributed by atoms with E-state index in [1.54, 1.807) is 11.3 Å². The molecule has 2 N–H and O–H groups in total. The van der Waals surface area contributed by atoms with Crippen LogP contribution in [0, 0.1) is 6.92 Å². The number of hydrogen-bond acceptors (Lipinski definition) is 6. The van der Waals surface area contributed by atoms with Gasteiger partial charge in [0.2, 0.25) is 11.7 Å². The summed E-state index contributed by atoms with van der Waals surface area (Å²) in [5.41, 5.74) is 0.509. The van der Waals surface area contributed by atoms with Crippen LogP contribution in [-0.4, -0.2) is 50.5 Å². The first kappa shape index (κ1) is 15.0. The number of H-pyrrole nitrogens is 1. The van der Waals surface area contributed by atoms with Gasteiger partial charge in [-0.15, -0.1) is 10.2 Å². The lowest BCUT2D eigenvalue weighted by atomic mass is 10.2. The van der Waals surface area contributed by atoms with E-state index in [1.165, 1.54) is 17.8 Å². The van der Waals surface area contributed by atoms with E-state index in [4.69, 9.17) is 4.74 Å². The molecule has 0 spiro atoms. The van der Waals surface area contributed by atoms with Crippen molar-refractivity contribution in [2.75, 3.05) is 18.9 Å². The highest BCUT2D eigenvalue weighted by molar-refractivity contribution is 7.99. The molecule has 2 aromatic heterocycles. The minimum Gasteiger partial charge on any atom is -0.376 e. The molecule has 9 heteroatoms. The molecule has 0 aliphatic carbocycles. The Kier molecular flexibility index (Phi) is 4.44. The number of rotatable bonds is 5. The van der Waals surface area contributed by atoms with Crippen molar-refractivity contribution in [2.45, 2.75) is 31.0 Å². The van der Waals surface area contributed by atoms with Gasteiger partial charge >= 0.3 is 0 Å². The first-order valence-corrected chi connectivity index (χ1v) is 8.08. The predicted molar refractivity (Wildman–Crippen MR) is 81.1 cm³/mol. The van der Waals surface area contributed by atoms with Crippen molar-refractivity contribution >= 4 is 23.4 Å². The molecular weight excluding hydrogens is 306 g/mol. The Balaban J connectivity index is 1.59. The van der Waals surface area contributed by atoms with Crippen molar-refractivity contribution in [3.63, 3.8) is 0 Å². The Morgan fingerprint density at radius 3 is 3.23 bits per heavy atom. The van der Waals surface area contributed by atoms with E-state index in [1.807, 2.05) is 0 Å². The Labute approximate surface area is 130 Å². The van der Waals surface area contributed by atoms with Crippen LogP contribution < -0.4 is 10.9 Å². The lowest BCUT2D eigenvalue weighted by molar-refractivity contribution is -0.119. The van der Waals surface area contributed by atoms with Crippen molar-refractivity contribution < 1.29 is 9.53 Å². The van der Waals surface area contributed by atoms with Gasteiger partial charge in [-0.1, -0.05) is 11.8 Å². The number of amides is 1. The maximum absolute atomic E-state index is 11.9. The molecule has 1 amide bonds. The molecule has 118 valence electrons. The summed E-state index contributed by atoms with van der Waals surface area (Å²) in [7, 11) is 0. The Bertz CT molecular complexity index is 735. The van der Waals surface area contributed by atoms with Gasteiger partial charge in [0.1, 0.15) is 0 Å². The van der Waals surface area contributed by atoms with Crippen LogP contribution in [0.5, 0.6) is 0 Å². The molecule has 1 aliphatic rings. The number of aromatic amines is 1. The van der Waals surface area contributed by atoms with E-state index in [0.717, 1.165) is 25.1 Å². The third kappa shape index (κ3) is 3.30. The Hall–Kier alpha value is -1.87. The summed E-state index contributed by atoms with van der Waals surface area (Å²) >= 11 is 1.28. The van der Waals surface area contributed by atoms with Gasteiger partial charge in [0.25, 0.3) is 5.56 Å². The Morgan fingerprint density at radius 2 is 2.45 bits per heavy atom. The normalized spacial score (nSPS) is 18.0. The zero-order chi connectivity index (χ0) is 15.5. The van der Waals surface area contributed by atoms with Crippen molar-refractivity contribution in [3.8, 4) is 0 Å². The molecule has 1 saturated heterocycles. The quantitative estimate of drug-likeness (QED) is 0.758. The van der Waals surface area contributed by atoms with Gasteiger partial charge in [0.15, 0.2) is 5.16 Å². The fourth-order valence-corrected chi connectivity index (χ4v) is 3.20. The molecule has 8 nitrogen and oxygen atoms in total. The zero-order valence-electron chi connectivity index (χ0n) is 12.2. The average molecular weight is 323 g/mol. The summed E-state index contributed by atoms with van der Waals surface area (Å²) < 4.78 is 7.18. The summed E-state index contributed by atoms with van der Waals surface area (Å²) in [6, 6.07) is 1.47. The molecular formula is C13H17N5O3S. The number of aryl methyl sites for hydroxylation is 1. The summed E-state index contributed by atoms with van der Waals surface area (Å²) in [6.45, 7) is 3.12. The molecule has 1 fully saturated rings. The molecule has 0 saturated carbocycles. The average Bonchev–Trinajstić information content (AvgIpc) is 3.12. The number of ether oxygens (including phenoxy) is 1. The van der Waals surface area contributed by atoms with E-state index in [9.17, 15) is 9.59 Å². The van der Waals surface area contributed by atoms with Crippen molar-refractivity contribution in [2.24, 2.45) is 0 Å². The molecule has 0 aromatic carbocycles. The first-order chi connectivity index (χ1) is 10.6. The van der Waals surface area contributed by atoms with Crippen LogP contribution in [0.25, 0.3) is 5.78 Å². The smallest absolute Gasteiger partial charge is 0.252 e. The number of nitrogens with one attached hydrogen (secondary N) is 2. The molecule has 2 aromatic rings. The maximum atomic E-state index is 11.9. The molecule has 1 unspecified atom stereocenters. The zero-order valence-corrected chi connectivity index (χ0v) is 13.0. The minimum absolute atomic E-state index is 0.0701. The molecule has 0 radical (unpaired) electrons. The van der Waals surface area contributed by atoms with Crippen LogP contribution in [0.1, 0.15) is 18.5 Å². The van der Waals surface area contributed by atoms with E-state index in [-0.39, 0.29) is 23.3 Å². The van der Waals surface area contributed by atoms with Crippen molar-refractivity contribution in [3.05, 3.63) is 22.1 Å².